The maximum atomic E-state index is 13.3. The van der Waals surface area contributed by atoms with Gasteiger partial charge in [-0.25, -0.2) is 9.18 Å². The van der Waals surface area contributed by atoms with Gasteiger partial charge in [0.2, 0.25) is 11.8 Å². The summed E-state index contributed by atoms with van der Waals surface area (Å²) in [4.78, 5) is 38.7. The van der Waals surface area contributed by atoms with Crippen LogP contribution >= 0.6 is 11.6 Å². The number of halogens is 2. The Morgan fingerprint density at radius 2 is 1.94 bits per heavy atom. The molecule has 2 atom stereocenters. The number of hydrogen-bond acceptors (Lipinski definition) is 5. The lowest BCUT2D eigenvalue weighted by molar-refractivity contribution is -0.129. The highest BCUT2D eigenvalue weighted by atomic mass is 35.5. The normalized spacial score (nSPS) is 17.9. The molecule has 3 N–H and O–H groups in total. The van der Waals surface area contributed by atoms with E-state index in [1.54, 1.807) is 27.7 Å². The van der Waals surface area contributed by atoms with Crippen LogP contribution in [0.2, 0.25) is 5.02 Å². The standard InChI is InChI=1S/C22H32ClFN4O4/c1-14(19(29)27-16-7-8-18(24)17(23)12-16)28-11-5-6-15(13-28)20(30)25-9-10-26-21(31)32-22(2,3)4/h7-8,12,14-15H,5-6,9-11,13H2,1-4H3,(H,25,30)(H,26,31)(H,27,29). The molecule has 1 aliphatic rings. The van der Waals surface area contributed by atoms with E-state index in [0.717, 1.165) is 12.8 Å². The largest absolute Gasteiger partial charge is 0.444 e. The molecule has 0 aliphatic carbocycles. The molecule has 0 saturated carbocycles. The Balaban J connectivity index is 1.78. The Labute approximate surface area is 193 Å². The van der Waals surface area contributed by atoms with Crippen molar-refractivity contribution in [1.82, 2.24) is 15.5 Å². The highest BCUT2D eigenvalue weighted by Gasteiger charge is 2.30. The Bertz CT molecular complexity index is 831. The van der Waals surface area contributed by atoms with Crippen LogP contribution in [0.4, 0.5) is 14.9 Å². The molecule has 0 radical (unpaired) electrons. The SMILES string of the molecule is CC(C(=O)Nc1ccc(F)c(Cl)c1)N1CCCC(C(=O)NCCNC(=O)OC(C)(C)C)C1. The van der Waals surface area contributed by atoms with Crippen molar-refractivity contribution >= 4 is 35.2 Å². The summed E-state index contributed by atoms with van der Waals surface area (Å²) < 4.78 is 18.4. The summed E-state index contributed by atoms with van der Waals surface area (Å²) in [5.41, 5.74) is -0.165. The average Bonchev–Trinajstić information content (AvgIpc) is 2.72. The van der Waals surface area contributed by atoms with Gasteiger partial charge in [-0.3, -0.25) is 14.5 Å². The maximum Gasteiger partial charge on any atom is 0.407 e. The van der Waals surface area contributed by atoms with Gasteiger partial charge in [-0.05, 0) is 65.3 Å². The monoisotopic (exact) mass is 470 g/mol. The van der Waals surface area contributed by atoms with Crippen LogP contribution in [0.3, 0.4) is 0 Å². The number of amides is 3. The number of likely N-dealkylation sites (tertiary alicyclic amines) is 1. The maximum absolute atomic E-state index is 13.3. The lowest BCUT2D eigenvalue weighted by atomic mass is 9.96. The topological polar surface area (TPSA) is 99.8 Å². The van der Waals surface area contributed by atoms with E-state index in [4.69, 9.17) is 16.3 Å². The third-order valence-electron chi connectivity index (χ3n) is 5.03. The molecule has 3 amide bonds. The molecule has 1 heterocycles. The fourth-order valence-electron chi connectivity index (χ4n) is 3.37. The molecule has 0 aromatic heterocycles. The Kier molecular flexibility index (Phi) is 9.27. The van der Waals surface area contributed by atoms with Gasteiger partial charge in [-0.1, -0.05) is 11.6 Å². The van der Waals surface area contributed by atoms with Gasteiger partial charge in [0.15, 0.2) is 0 Å². The second-order valence-electron chi connectivity index (χ2n) is 8.85. The van der Waals surface area contributed by atoms with Gasteiger partial charge in [0, 0.05) is 25.3 Å². The summed E-state index contributed by atoms with van der Waals surface area (Å²) in [7, 11) is 0. The van der Waals surface area contributed by atoms with Gasteiger partial charge in [-0.2, -0.15) is 0 Å². The van der Waals surface area contributed by atoms with Crippen molar-refractivity contribution in [3.63, 3.8) is 0 Å². The van der Waals surface area contributed by atoms with E-state index >= 15 is 0 Å². The summed E-state index contributed by atoms with van der Waals surface area (Å²) in [6, 6.07) is 3.54. The number of rotatable bonds is 7. The minimum absolute atomic E-state index is 0.0636. The van der Waals surface area contributed by atoms with Crippen LogP contribution in [0.15, 0.2) is 18.2 Å². The van der Waals surface area contributed by atoms with Crippen molar-refractivity contribution in [2.75, 3.05) is 31.5 Å². The number of ether oxygens (including phenoxy) is 1. The first kappa shape index (κ1) is 25.9. The molecule has 1 aromatic carbocycles. The number of alkyl carbamates (subject to hydrolysis) is 1. The Morgan fingerprint density at radius 1 is 1.25 bits per heavy atom. The van der Waals surface area contributed by atoms with Gasteiger partial charge in [0.1, 0.15) is 11.4 Å². The first-order chi connectivity index (χ1) is 15.0. The van der Waals surface area contributed by atoms with E-state index in [0.29, 0.717) is 18.8 Å². The van der Waals surface area contributed by atoms with Gasteiger partial charge in [-0.15, -0.1) is 0 Å². The second kappa shape index (κ2) is 11.5. The Hall–Kier alpha value is -2.39. The van der Waals surface area contributed by atoms with Gasteiger partial charge in [0.05, 0.1) is 17.0 Å². The number of benzene rings is 1. The molecule has 178 valence electrons. The number of carbonyl (C=O) groups is 3. The van der Waals surface area contributed by atoms with E-state index in [1.165, 1.54) is 18.2 Å². The number of anilines is 1. The smallest absolute Gasteiger partial charge is 0.407 e. The van der Waals surface area contributed by atoms with Crippen LogP contribution in [-0.4, -0.2) is 60.6 Å². The predicted octanol–water partition coefficient (Wildman–Crippen LogP) is 3.16. The van der Waals surface area contributed by atoms with Crippen molar-refractivity contribution in [2.45, 2.75) is 52.2 Å². The average molecular weight is 471 g/mol. The fraction of sp³-hybridized carbons (Fsp3) is 0.591. The molecule has 8 nitrogen and oxygen atoms in total. The Morgan fingerprint density at radius 3 is 2.59 bits per heavy atom. The molecule has 32 heavy (non-hydrogen) atoms. The van der Waals surface area contributed by atoms with Gasteiger partial charge in [0.25, 0.3) is 0 Å². The number of hydrogen-bond donors (Lipinski definition) is 3. The van der Waals surface area contributed by atoms with Crippen molar-refractivity contribution in [2.24, 2.45) is 5.92 Å². The number of nitrogens with zero attached hydrogens (tertiary/aromatic N) is 1. The van der Waals surface area contributed by atoms with Crippen molar-refractivity contribution in [3.05, 3.63) is 29.0 Å². The molecule has 2 rings (SSSR count). The van der Waals surface area contributed by atoms with E-state index in [-0.39, 0.29) is 35.8 Å². The van der Waals surface area contributed by atoms with E-state index in [9.17, 15) is 18.8 Å². The summed E-state index contributed by atoms with van der Waals surface area (Å²) in [5.74, 6) is -1.17. The van der Waals surface area contributed by atoms with Crippen LogP contribution in [0.1, 0.15) is 40.5 Å². The van der Waals surface area contributed by atoms with Gasteiger partial charge < -0.3 is 20.7 Å². The molecule has 1 saturated heterocycles. The summed E-state index contributed by atoms with van der Waals surface area (Å²) in [6.45, 7) is 8.79. The first-order valence-corrected chi connectivity index (χ1v) is 11.1. The van der Waals surface area contributed by atoms with Crippen molar-refractivity contribution < 1.29 is 23.5 Å². The molecule has 1 aliphatic heterocycles. The van der Waals surface area contributed by atoms with Crippen molar-refractivity contribution in [3.8, 4) is 0 Å². The predicted molar refractivity (Wildman–Crippen MR) is 121 cm³/mol. The zero-order valence-corrected chi connectivity index (χ0v) is 19.7. The molecule has 0 bridgehead atoms. The van der Waals surface area contributed by atoms with Crippen LogP contribution in [0.5, 0.6) is 0 Å². The first-order valence-electron chi connectivity index (χ1n) is 10.7. The van der Waals surface area contributed by atoms with E-state index in [1.807, 2.05) is 4.90 Å². The van der Waals surface area contributed by atoms with E-state index < -0.39 is 23.6 Å². The zero-order valence-electron chi connectivity index (χ0n) is 19.0. The van der Waals surface area contributed by atoms with Crippen LogP contribution in [0.25, 0.3) is 0 Å². The van der Waals surface area contributed by atoms with E-state index in [2.05, 4.69) is 16.0 Å². The van der Waals surface area contributed by atoms with Crippen LogP contribution in [-0.2, 0) is 14.3 Å². The molecule has 2 unspecified atom stereocenters. The third-order valence-corrected chi connectivity index (χ3v) is 5.32. The highest BCUT2D eigenvalue weighted by Crippen LogP contribution is 2.22. The summed E-state index contributed by atoms with van der Waals surface area (Å²) in [5, 5.41) is 8.09. The molecule has 10 heteroatoms. The van der Waals surface area contributed by atoms with Gasteiger partial charge >= 0.3 is 6.09 Å². The lowest BCUT2D eigenvalue weighted by Crippen LogP contribution is -2.50. The van der Waals surface area contributed by atoms with Crippen LogP contribution < -0.4 is 16.0 Å². The molecule has 1 aromatic rings. The lowest BCUT2D eigenvalue weighted by Gasteiger charge is -2.35. The zero-order chi connectivity index (χ0) is 23.9. The second-order valence-corrected chi connectivity index (χ2v) is 9.26. The van der Waals surface area contributed by atoms with Crippen LogP contribution in [0, 0.1) is 11.7 Å². The number of piperidine rings is 1. The summed E-state index contributed by atoms with van der Waals surface area (Å²) >= 11 is 5.77. The fourth-order valence-corrected chi connectivity index (χ4v) is 3.55. The number of carbonyl (C=O) groups excluding carboxylic acids is 3. The minimum Gasteiger partial charge on any atom is -0.444 e. The minimum atomic E-state index is -0.579. The molecule has 0 spiro atoms. The molecular weight excluding hydrogens is 439 g/mol. The molecule has 1 fully saturated rings. The third kappa shape index (κ3) is 8.27. The molecular formula is C22H32ClFN4O4. The number of nitrogens with one attached hydrogen (secondary N) is 3. The van der Waals surface area contributed by atoms with Crippen molar-refractivity contribution in [1.29, 1.82) is 0 Å². The highest BCUT2D eigenvalue weighted by molar-refractivity contribution is 6.31. The summed E-state index contributed by atoms with van der Waals surface area (Å²) in [6.07, 6.45) is 0.982. The quantitative estimate of drug-likeness (QED) is 0.531.